The van der Waals surface area contributed by atoms with E-state index in [-0.39, 0.29) is 24.6 Å². The second-order valence-corrected chi connectivity index (χ2v) is 6.97. The Kier molecular flexibility index (Phi) is 5.36. The zero-order chi connectivity index (χ0) is 15.3. The van der Waals surface area contributed by atoms with E-state index in [9.17, 15) is 13.2 Å². The van der Waals surface area contributed by atoms with Crippen molar-refractivity contribution in [1.29, 1.82) is 0 Å². The summed E-state index contributed by atoms with van der Waals surface area (Å²) in [5.41, 5.74) is 0.958. The number of ether oxygens (including phenoxy) is 1. The lowest BCUT2D eigenvalue weighted by molar-refractivity contribution is -0.151. The first-order valence-electron chi connectivity index (χ1n) is 7.03. The molecule has 1 aromatic carbocycles. The Morgan fingerprint density at radius 1 is 1.14 bits per heavy atom. The summed E-state index contributed by atoms with van der Waals surface area (Å²) in [6.07, 6.45) is 3.09. The molecular weight excluding hydrogens is 292 g/mol. The van der Waals surface area contributed by atoms with Gasteiger partial charge in [0.15, 0.2) is 0 Å². The Labute approximate surface area is 125 Å². The average Bonchev–Trinajstić information content (AvgIpc) is 2.45. The number of carbonyl (C=O) groups is 1. The molecule has 0 amide bonds. The highest BCUT2D eigenvalue weighted by atomic mass is 32.2. The maximum absolute atomic E-state index is 12.0. The molecule has 2 rings (SSSR count). The molecule has 21 heavy (non-hydrogen) atoms. The van der Waals surface area contributed by atoms with Gasteiger partial charge in [0.1, 0.15) is 6.61 Å². The lowest BCUT2D eigenvalue weighted by atomic mass is 9.87. The molecule has 0 bridgehead atoms. The van der Waals surface area contributed by atoms with Gasteiger partial charge in [0.25, 0.3) is 10.1 Å². The average molecular weight is 312 g/mol. The standard InChI is InChI=1S/C15H20O5S/c1-21(17,18)20-14-9-7-13(8-10-14)15(16)19-11-12-5-3-2-4-6-12/h2-6,13-14H,7-11H2,1H3/t13-,14-. The topological polar surface area (TPSA) is 69.7 Å². The molecular formula is C15H20O5S. The van der Waals surface area contributed by atoms with Gasteiger partial charge in [0.05, 0.1) is 18.3 Å². The summed E-state index contributed by atoms with van der Waals surface area (Å²) in [7, 11) is -3.42. The first kappa shape index (κ1) is 16.0. The molecule has 0 saturated heterocycles. The van der Waals surface area contributed by atoms with Crippen LogP contribution in [0.1, 0.15) is 31.2 Å². The molecule has 1 saturated carbocycles. The van der Waals surface area contributed by atoms with E-state index < -0.39 is 10.1 Å². The van der Waals surface area contributed by atoms with Gasteiger partial charge in [0.2, 0.25) is 0 Å². The van der Waals surface area contributed by atoms with Gasteiger partial charge in [-0.05, 0) is 31.2 Å². The Hall–Kier alpha value is -1.40. The highest BCUT2D eigenvalue weighted by molar-refractivity contribution is 7.86. The van der Waals surface area contributed by atoms with E-state index >= 15 is 0 Å². The molecule has 6 heteroatoms. The van der Waals surface area contributed by atoms with Crippen molar-refractivity contribution in [3.63, 3.8) is 0 Å². The van der Waals surface area contributed by atoms with Crippen LogP contribution in [-0.4, -0.2) is 26.7 Å². The van der Waals surface area contributed by atoms with Crippen LogP contribution in [0, 0.1) is 5.92 Å². The van der Waals surface area contributed by atoms with E-state index in [4.69, 9.17) is 8.92 Å². The quantitative estimate of drug-likeness (QED) is 0.616. The molecule has 0 unspecified atom stereocenters. The van der Waals surface area contributed by atoms with Crippen molar-refractivity contribution in [2.45, 2.75) is 38.4 Å². The van der Waals surface area contributed by atoms with Gasteiger partial charge >= 0.3 is 5.97 Å². The van der Waals surface area contributed by atoms with Crippen LogP contribution in [0.3, 0.4) is 0 Å². The van der Waals surface area contributed by atoms with Crippen LogP contribution in [0.2, 0.25) is 0 Å². The third-order valence-corrected chi connectivity index (χ3v) is 4.16. The van der Waals surface area contributed by atoms with Gasteiger partial charge < -0.3 is 4.74 Å². The van der Waals surface area contributed by atoms with E-state index in [1.807, 2.05) is 30.3 Å². The Bertz CT molecular complexity index is 559. The molecule has 1 aromatic rings. The number of rotatable bonds is 5. The fourth-order valence-electron chi connectivity index (χ4n) is 2.49. The first-order valence-corrected chi connectivity index (χ1v) is 8.84. The molecule has 0 atom stereocenters. The minimum atomic E-state index is -3.42. The molecule has 5 nitrogen and oxygen atoms in total. The molecule has 1 aliphatic rings. The van der Waals surface area contributed by atoms with Crippen LogP contribution >= 0.6 is 0 Å². The summed E-state index contributed by atoms with van der Waals surface area (Å²) < 4.78 is 32.4. The summed E-state index contributed by atoms with van der Waals surface area (Å²) in [6.45, 7) is 0.277. The largest absolute Gasteiger partial charge is 0.461 e. The zero-order valence-corrected chi connectivity index (χ0v) is 12.8. The minimum absolute atomic E-state index is 0.159. The van der Waals surface area contributed by atoms with Crippen molar-refractivity contribution < 1.29 is 22.1 Å². The van der Waals surface area contributed by atoms with Crippen LogP contribution in [-0.2, 0) is 30.4 Å². The lowest BCUT2D eigenvalue weighted by Crippen LogP contribution is -2.28. The van der Waals surface area contributed by atoms with E-state index in [1.54, 1.807) is 0 Å². The van der Waals surface area contributed by atoms with Crippen LogP contribution in [0.15, 0.2) is 30.3 Å². The molecule has 0 aromatic heterocycles. The Morgan fingerprint density at radius 2 is 1.76 bits per heavy atom. The van der Waals surface area contributed by atoms with Gasteiger partial charge in [-0.2, -0.15) is 8.42 Å². The molecule has 116 valence electrons. The van der Waals surface area contributed by atoms with Crippen molar-refractivity contribution in [2.75, 3.05) is 6.26 Å². The maximum atomic E-state index is 12.0. The van der Waals surface area contributed by atoms with Crippen molar-refractivity contribution >= 4 is 16.1 Å². The van der Waals surface area contributed by atoms with Gasteiger partial charge in [-0.3, -0.25) is 8.98 Å². The van der Waals surface area contributed by atoms with E-state index in [1.165, 1.54) is 0 Å². The van der Waals surface area contributed by atoms with Crippen molar-refractivity contribution in [1.82, 2.24) is 0 Å². The Morgan fingerprint density at radius 3 is 2.33 bits per heavy atom. The van der Waals surface area contributed by atoms with Crippen molar-refractivity contribution in [3.05, 3.63) is 35.9 Å². The van der Waals surface area contributed by atoms with Crippen LogP contribution in [0.4, 0.5) is 0 Å². The smallest absolute Gasteiger partial charge is 0.309 e. The monoisotopic (exact) mass is 312 g/mol. The zero-order valence-electron chi connectivity index (χ0n) is 12.0. The first-order chi connectivity index (χ1) is 9.94. The minimum Gasteiger partial charge on any atom is -0.461 e. The second-order valence-electron chi connectivity index (χ2n) is 5.37. The third kappa shape index (κ3) is 5.47. The van der Waals surface area contributed by atoms with Gasteiger partial charge in [-0.15, -0.1) is 0 Å². The second kappa shape index (κ2) is 7.04. The predicted octanol–water partition coefficient (Wildman–Crippen LogP) is 2.26. The summed E-state index contributed by atoms with van der Waals surface area (Å²) in [5.74, 6) is -0.371. The molecule has 0 spiro atoms. The number of hydrogen-bond donors (Lipinski definition) is 0. The van der Waals surface area contributed by atoms with Gasteiger partial charge in [-0.25, -0.2) is 0 Å². The summed E-state index contributed by atoms with van der Waals surface area (Å²) >= 11 is 0. The predicted molar refractivity (Wildman–Crippen MR) is 77.9 cm³/mol. The fourth-order valence-corrected chi connectivity index (χ4v) is 3.18. The number of hydrogen-bond acceptors (Lipinski definition) is 5. The number of carbonyl (C=O) groups excluding carboxylic acids is 1. The number of esters is 1. The van der Waals surface area contributed by atoms with Gasteiger partial charge in [0, 0.05) is 0 Å². The Balaban J connectivity index is 1.75. The van der Waals surface area contributed by atoms with E-state index in [0.29, 0.717) is 25.7 Å². The number of benzene rings is 1. The van der Waals surface area contributed by atoms with Crippen molar-refractivity contribution in [3.8, 4) is 0 Å². The van der Waals surface area contributed by atoms with E-state index in [2.05, 4.69) is 0 Å². The lowest BCUT2D eigenvalue weighted by Gasteiger charge is -2.26. The van der Waals surface area contributed by atoms with Crippen LogP contribution in [0.5, 0.6) is 0 Å². The van der Waals surface area contributed by atoms with Crippen molar-refractivity contribution in [2.24, 2.45) is 5.92 Å². The summed E-state index contributed by atoms with van der Waals surface area (Å²) in [4.78, 5) is 12.0. The molecule has 1 aliphatic carbocycles. The van der Waals surface area contributed by atoms with Crippen LogP contribution in [0.25, 0.3) is 0 Å². The van der Waals surface area contributed by atoms with Crippen LogP contribution < -0.4 is 0 Å². The molecule has 0 radical (unpaired) electrons. The normalized spacial score (nSPS) is 22.7. The molecule has 0 N–H and O–H groups in total. The maximum Gasteiger partial charge on any atom is 0.309 e. The summed E-state index contributed by atoms with van der Waals surface area (Å²) in [6, 6.07) is 9.52. The SMILES string of the molecule is CS(=O)(=O)O[C@H]1CC[C@H](C(=O)OCc2ccccc2)CC1. The highest BCUT2D eigenvalue weighted by Crippen LogP contribution is 2.28. The van der Waals surface area contributed by atoms with E-state index in [0.717, 1.165) is 11.8 Å². The molecule has 0 heterocycles. The molecule has 1 fully saturated rings. The highest BCUT2D eigenvalue weighted by Gasteiger charge is 2.29. The fraction of sp³-hybridized carbons (Fsp3) is 0.533. The van der Waals surface area contributed by atoms with Gasteiger partial charge in [-0.1, -0.05) is 30.3 Å². The molecule has 0 aliphatic heterocycles. The summed E-state index contributed by atoms with van der Waals surface area (Å²) in [5, 5.41) is 0. The third-order valence-electron chi connectivity index (χ3n) is 3.54.